The number of hydrogen-bond acceptors (Lipinski definition) is 2. The average molecular weight is 552 g/mol. The van der Waals surface area contributed by atoms with Gasteiger partial charge in [0.1, 0.15) is 5.82 Å². The van der Waals surface area contributed by atoms with Crippen molar-refractivity contribution in [2.75, 3.05) is 5.32 Å². The van der Waals surface area contributed by atoms with Crippen LogP contribution in [-0.4, -0.2) is 10.8 Å². The fourth-order valence-corrected chi connectivity index (χ4v) is 9.66. The molecule has 7 atom stereocenters. The Labute approximate surface area is 241 Å². The summed E-state index contributed by atoms with van der Waals surface area (Å²) in [4.78, 5) is 0. The SMILES string of the molecule is CC(C)CCC[C@@H](C)[C@@H]1CC[C@@H]2[C@H]3CCC4=C/C(=N\NC(=S)Nc5ccc(F)cc5)CC[C@]4(C)[C@@H]3CC[C@@]21C. The van der Waals surface area contributed by atoms with Crippen molar-refractivity contribution in [3.05, 3.63) is 41.7 Å². The van der Waals surface area contributed by atoms with Crippen molar-refractivity contribution < 1.29 is 4.39 Å². The van der Waals surface area contributed by atoms with Gasteiger partial charge in [0.2, 0.25) is 0 Å². The van der Waals surface area contributed by atoms with E-state index in [0.717, 1.165) is 53.3 Å². The van der Waals surface area contributed by atoms with Crippen molar-refractivity contribution in [3.63, 3.8) is 0 Å². The third-order valence-electron chi connectivity index (χ3n) is 11.6. The first-order valence-electron chi connectivity index (χ1n) is 15.7. The van der Waals surface area contributed by atoms with Crippen LogP contribution < -0.4 is 10.7 Å². The lowest BCUT2D eigenvalue weighted by Gasteiger charge is -2.58. The lowest BCUT2D eigenvalue weighted by Crippen LogP contribution is -2.51. The minimum Gasteiger partial charge on any atom is -0.331 e. The molecule has 5 heteroatoms. The van der Waals surface area contributed by atoms with Gasteiger partial charge >= 0.3 is 0 Å². The monoisotopic (exact) mass is 551 g/mol. The molecule has 0 heterocycles. The summed E-state index contributed by atoms with van der Waals surface area (Å²) >= 11 is 5.42. The number of allylic oxidation sites excluding steroid dienone is 2. The standard InChI is InChI=1S/C34H50FN3S/c1-22(2)7-6-8-23(3)29-15-16-30-28-14-9-24-21-27(17-19-33(24,4)31(28)18-20-34(29,30)5)37-38-32(39)36-26-12-10-25(35)11-13-26/h10-13,21-23,28-31H,6-9,14-20H2,1-5H3,(H2,36,38,39)/b37-27-/t23-,28-,29+,30-,31-,33+,34-/m1/s1. The van der Waals surface area contributed by atoms with Gasteiger partial charge in [-0.05, 0) is 140 Å². The van der Waals surface area contributed by atoms with Gasteiger partial charge in [0, 0.05) is 5.69 Å². The van der Waals surface area contributed by atoms with E-state index in [4.69, 9.17) is 12.2 Å². The normalized spacial score (nSPS) is 35.6. The molecule has 0 unspecified atom stereocenters. The quantitative estimate of drug-likeness (QED) is 0.262. The number of benzene rings is 1. The van der Waals surface area contributed by atoms with E-state index in [0.29, 0.717) is 15.9 Å². The first-order valence-corrected chi connectivity index (χ1v) is 16.1. The zero-order valence-corrected chi connectivity index (χ0v) is 25.7. The van der Waals surface area contributed by atoms with Crippen LogP contribution in [-0.2, 0) is 0 Å². The Bertz CT molecular complexity index is 1090. The Morgan fingerprint density at radius 1 is 1.00 bits per heavy atom. The van der Waals surface area contributed by atoms with Gasteiger partial charge in [-0.2, -0.15) is 5.10 Å². The number of nitrogens with one attached hydrogen (secondary N) is 2. The molecule has 39 heavy (non-hydrogen) atoms. The number of fused-ring (bicyclic) bond motifs is 5. The van der Waals surface area contributed by atoms with Crippen molar-refractivity contribution in [1.29, 1.82) is 0 Å². The Hall–Kier alpha value is -1.75. The van der Waals surface area contributed by atoms with Crippen LogP contribution in [0, 0.1) is 52.2 Å². The summed E-state index contributed by atoms with van der Waals surface area (Å²) in [6.45, 7) is 12.6. The summed E-state index contributed by atoms with van der Waals surface area (Å²) in [6.07, 6.45) is 17.1. The minimum absolute atomic E-state index is 0.256. The molecule has 0 bridgehead atoms. The first-order chi connectivity index (χ1) is 18.6. The second-order valence-electron chi connectivity index (χ2n) is 14.2. The highest BCUT2D eigenvalue weighted by atomic mass is 32.1. The zero-order chi connectivity index (χ0) is 27.8. The highest BCUT2D eigenvalue weighted by Crippen LogP contribution is 2.67. The maximum atomic E-state index is 13.2. The second kappa shape index (κ2) is 11.6. The molecule has 0 aliphatic heterocycles. The molecular formula is C34H50FN3S. The highest BCUT2D eigenvalue weighted by Gasteiger charge is 2.59. The fraction of sp³-hybridized carbons (Fsp3) is 0.706. The van der Waals surface area contributed by atoms with Crippen LogP contribution in [0.5, 0.6) is 0 Å². The maximum Gasteiger partial charge on any atom is 0.191 e. The van der Waals surface area contributed by atoms with Crippen molar-refractivity contribution in [2.24, 2.45) is 51.4 Å². The lowest BCUT2D eigenvalue weighted by molar-refractivity contribution is -0.0573. The second-order valence-corrected chi connectivity index (χ2v) is 14.6. The van der Waals surface area contributed by atoms with E-state index in [2.05, 4.69) is 56.5 Å². The van der Waals surface area contributed by atoms with Crippen molar-refractivity contribution in [1.82, 2.24) is 5.43 Å². The van der Waals surface area contributed by atoms with Gasteiger partial charge in [-0.15, -0.1) is 0 Å². The average Bonchev–Trinajstić information content (AvgIpc) is 3.26. The van der Waals surface area contributed by atoms with Gasteiger partial charge in [-0.1, -0.05) is 59.5 Å². The smallest absolute Gasteiger partial charge is 0.191 e. The molecule has 0 saturated heterocycles. The summed E-state index contributed by atoms with van der Waals surface area (Å²) in [5.41, 5.74) is 7.36. The number of anilines is 1. The lowest BCUT2D eigenvalue weighted by atomic mass is 9.46. The topological polar surface area (TPSA) is 36.4 Å². The van der Waals surface area contributed by atoms with Gasteiger partial charge in [-0.25, -0.2) is 4.39 Å². The first kappa shape index (κ1) is 28.8. The van der Waals surface area contributed by atoms with Crippen LogP contribution in [0.3, 0.4) is 0 Å². The molecule has 5 rings (SSSR count). The molecule has 214 valence electrons. The van der Waals surface area contributed by atoms with Crippen LogP contribution in [0.2, 0.25) is 0 Å². The summed E-state index contributed by atoms with van der Waals surface area (Å²) in [6, 6.07) is 6.21. The molecule has 1 aromatic rings. The van der Waals surface area contributed by atoms with Gasteiger partial charge in [0.05, 0.1) is 5.71 Å². The van der Waals surface area contributed by atoms with Crippen LogP contribution >= 0.6 is 12.2 Å². The Balaban J connectivity index is 1.22. The third-order valence-corrected chi connectivity index (χ3v) is 11.8. The van der Waals surface area contributed by atoms with E-state index in [1.54, 1.807) is 17.7 Å². The maximum absolute atomic E-state index is 13.2. The summed E-state index contributed by atoms with van der Waals surface area (Å²) in [7, 11) is 0. The number of hydrogen-bond donors (Lipinski definition) is 2. The predicted molar refractivity (Wildman–Crippen MR) is 166 cm³/mol. The van der Waals surface area contributed by atoms with E-state index in [9.17, 15) is 4.39 Å². The highest BCUT2D eigenvalue weighted by molar-refractivity contribution is 7.80. The predicted octanol–water partition coefficient (Wildman–Crippen LogP) is 9.51. The fourth-order valence-electron chi connectivity index (χ4n) is 9.50. The molecule has 4 aliphatic carbocycles. The number of hydrazone groups is 1. The van der Waals surface area contributed by atoms with E-state index >= 15 is 0 Å². The largest absolute Gasteiger partial charge is 0.331 e. The van der Waals surface area contributed by atoms with E-state index < -0.39 is 0 Å². The number of nitrogens with zero attached hydrogens (tertiary/aromatic N) is 1. The van der Waals surface area contributed by atoms with Crippen LogP contribution in [0.25, 0.3) is 0 Å². The van der Waals surface area contributed by atoms with Gasteiger partial charge in [-0.3, -0.25) is 5.43 Å². The van der Waals surface area contributed by atoms with Gasteiger partial charge < -0.3 is 5.32 Å². The van der Waals surface area contributed by atoms with Crippen molar-refractivity contribution in [3.8, 4) is 0 Å². The van der Waals surface area contributed by atoms with Gasteiger partial charge in [0.25, 0.3) is 0 Å². The molecule has 0 radical (unpaired) electrons. The summed E-state index contributed by atoms with van der Waals surface area (Å²) in [5, 5.41) is 8.19. The van der Waals surface area contributed by atoms with Crippen LogP contribution in [0.1, 0.15) is 105 Å². The summed E-state index contributed by atoms with van der Waals surface area (Å²) in [5.74, 6) is 4.99. The van der Waals surface area contributed by atoms with E-state index in [1.165, 1.54) is 76.3 Å². The number of rotatable bonds is 7. The zero-order valence-electron chi connectivity index (χ0n) is 24.9. The Morgan fingerprint density at radius 2 is 1.77 bits per heavy atom. The van der Waals surface area contributed by atoms with Crippen LogP contribution in [0.15, 0.2) is 41.0 Å². The molecule has 0 amide bonds. The van der Waals surface area contributed by atoms with Crippen molar-refractivity contribution in [2.45, 2.75) is 105 Å². The minimum atomic E-state index is -0.256. The van der Waals surface area contributed by atoms with Crippen LogP contribution in [0.4, 0.5) is 10.1 Å². The molecule has 3 fully saturated rings. The number of thiocarbonyl (C=S) groups is 1. The van der Waals surface area contributed by atoms with E-state index in [1.807, 2.05) is 0 Å². The van der Waals surface area contributed by atoms with E-state index in [-0.39, 0.29) is 5.82 Å². The molecule has 1 aromatic carbocycles. The van der Waals surface area contributed by atoms with Crippen molar-refractivity contribution >= 4 is 28.7 Å². The molecule has 0 aromatic heterocycles. The molecule has 2 N–H and O–H groups in total. The molecule has 3 saturated carbocycles. The third kappa shape index (κ3) is 5.85. The molecule has 4 aliphatic rings. The Morgan fingerprint density at radius 3 is 2.51 bits per heavy atom. The number of halogens is 1. The molecule has 0 spiro atoms. The van der Waals surface area contributed by atoms with Gasteiger partial charge in [0.15, 0.2) is 5.11 Å². The molecular weight excluding hydrogens is 501 g/mol. The Kier molecular flexibility index (Phi) is 8.57. The molecule has 3 nitrogen and oxygen atoms in total. The summed E-state index contributed by atoms with van der Waals surface area (Å²) < 4.78 is 13.2.